The largest absolute Gasteiger partial charge is 0.493 e. The van der Waals surface area contributed by atoms with E-state index in [-0.39, 0.29) is 0 Å². The summed E-state index contributed by atoms with van der Waals surface area (Å²) in [6.45, 7) is 11.1. The van der Waals surface area contributed by atoms with Crippen LogP contribution in [-0.4, -0.2) is 75.2 Å². The molecule has 0 saturated heterocycles. The number of aliphatic hydroxyl groups excluding tert-OH is 1. The molecule has 0 spiro atoms. The van der Waals surface area contributed by atoms with E-state index in [4.69, 9.17) is 4.74 Å². The molecule has 3 N–H and O–H groups in total. The minimum atomic E-state index is -1.09. The van der Waals surface area contributed by atoms with Crippen LogP contribution in [0.15, 0.2) is 42.6 Å². The van der Waals surface area contributed by atoms with E-state index in [1.54, 1.807) is 12.1 Å². The fourth-order valence-electron chi connectivity index (χ4n) is 4.91. The van der Waals surface area contributed by atoms with E-state index in [9.17, 15) is 14.7 Å². The highest BCUT2D eigenvalue weighted by atomic mass is 16.5. The Morgan fingerprint density at radius 3 is 2.60 bits per heavy atom. The van der Waals surface area contributed by atoms with E-state index < -0.39 is 24.0 Å². The molecule has 4 rings (SSSR count). The third-order valence-corrected chi connectivity index (χ3v) is 6.98. The maximum atomic E-state index is 13.0. The van der Waals surface area contributed by atoms with Crippen molar-refractivity contribution >= 4 is 11.8 Å². The Kier molecular flexibility index (Phi) is 9.89. The summed E-state index contributed by atoms with van der Waals surface area (Å²) in [4.78, 5) is 28.3. The zero-order chi connectivity index (χ0) is 28.6. The molecular formula is C30H40N6O4. The Balaban J connectivity index is 1.53. The number of nitrogens with one attached hydrogen (secondary N) is 2. The van der Waals surface area contributed by atoms with Gasteiger partial charge in [0.1, 0.15) is 11.8 Å². The Morgan fingerprint density at radius 2 is 1.85 bits per heavy atom. The van der Waals surface area contributed by atoms with Crippen molar-refractivity contribution in [2.24, 2.45) is 0 Å². The van der Waals surface area contributed by atoms with Gasteiger partial charge in [-0.25, -0.2) is 0 Å². The molecule has 214 valence electrons. The van der Waals surface area contributed by atoms with Crippen LogP contribution in [0.4, 0.5) is 0 Å². The number of hydrogen-bond donors (Lipinski definition) is 3. The number of rotatable bonds is 3. The summed E-state index contributed by atoms with van der Waals surface area (Å²) < 4.78 is 7.79. The fourth-order valence-corrected chi connectivity index (χ4v) is 4.91. The highest BCUT2D eigenvalue weighted by Crippen LogP contribution is 2.20. The number of hydrogen-bond acceptors (Lipinski definition) is 7. The molecule has 0 radical (unpaired) electrons. The molecule has 0 fully saturated rings. The summed E-state index contributed by atoms with van der Waals surface area (Å²) in [6, 6.07) is 10.6. The van der Waals surface area contributed by atoms with Crippen LogP contribution in [0, 0.1) is 20.8 Å². The highest BCUT2D eigenvalue weighted by molar-refractivity contribution is 5.98. The minimum Gasteiger partial charge on any atom is -0.493 e. The smallest absolute Gasteiger partial charge is 0.252 e. The predicted octanol–water partition coefficient (Wildman–Crippen LogP) is 2.33. The molecule has 10 nitrogen and oxygen atoms in total. The number of fused-ring (bicyclic) bond motifs is 4. The Bertz CT molecular complexity index is 1300. The van der Waals surface area contributed by atoms with Gasteiger partial charge in [-0.05, 0) is 51.0 Å². The molecular weight excluding hydrogens is 508 g/mol. The molecule has 1 aromatic heterocycles. The second-order valence-corrected chi connectivity index (χ2v) is 10.7. The van der Waals surface area contributed by atoms with Crippen molar-refractivity contribution < 1.29 is 19.4 Å². The molecule has 2 amide bonds. The molecule has 40 heavy (non-hydrogen) atoms. The van der Waals surface area contributed by atoms with Crippen molar-refractivity contribution in [2.45, 2.75) is 65.8 Å². The van der Waals surface area contributed by atoms with Crippen molar-refractivity contribution in [1.29, 1.82) is 0 Å². The minimum absolute atomic E-state index is 0.356. The first kappa shape index (κ1) is 29.2. The lowest BCUT2D eigenvalue weighted by Gasteiger charge is -2.25. The molecule has 1 aliphatic rings. The van der Waals surface area contributed by atoms with E-state index in [1.165, 1.54) is 23.6 Å². The van der Waals surface area contributed by atoms with E-state index in [0.717, 1.165) is 30.8 Å². The van der Waals surface area contributed by atoms with Crippen LogP contribution in [0.2, 0.25) is 0 Å². The number of benzene rings is 2. The van der Waals surface area contributed by atoms with Gasteiger partial charge in [-0.2, -0.15) is 0 Å². The van der Waals surface area contributed by atoms with Crippen molar-refractivity contribution in [3.8, 4) is 5.75 Å². The number of aromatic nitrogens is 3. The SMILES string of the molecule is Cc1cc(C)cc(CN2CCNC(=O)[C@H]([C@@H](C)O)NC(=O)c3ccc(C)c(c3)OCCCn3cc(nn3)CC2)c1. The van der Waals surface area contributed by atoms with Crippen LogP contribution in [0.1, 0.15) is 51.7 Å². The van der Waals surface area contributed by atoms with Crippen molar-refractivity contribution in [1.82, 2.24) is 30.5 Å². The van der Waals surface area contributed by atoms with Crippen LogP contribution in [-0.2, 0) is 24.3 Å². The summed E-state index contributed by atoms with van der Waals surface area (Å²) in [5.41, 5.74) is 5.78. The zero-order valence-corrected chi connectivity index (χ0v) is 23.8. The lowest BCUT2D eigenvalue weighted by molar-refractivity contribution is -0.125. The van der Waals surface area contributed by atoms with Gasteiger partial charge in [-0.1, -0.05) is 40.6 Å². The summed E-state index contributed by atoms with van der Waals surface area (Å²) in [6.07, 6.45) is 2.34. The molecule has 3 aromatic rings. The molecule has 2 heterocycles. The number of nitrogens with zero attached hydrogens (tertiary/aromatic N) is 4. The maximum absolute atomic E-state index is 13.0. The molecule has 2 aromatic carbocycles. The molecule has 10 heteroatoms. The van der Waals surface area contributed by atoms with Gasteiger partial charge in [-0.15, -0.1) is 5.10 Å². The van der Waals surface area contributed by atoms with Crippen LogP contribution in [0.25, 0.3) is 0 Å². The number of aryl methyl sites for hydroxylation is 4. The summed E-state index contributed by atoms with van der Waals surface area (Å²) in [7, 11) is 0. The van der Waals surface area contributed by atoms with Crippen molar-refractivity contribution in [2.75, 3.05) is 26.2 Å². The van der Waals surface area contributed by atoms with Crippen LogP contribution >= 0.6 is 0 Å². The second kappa shape index (κ2) is 13.5. The monoisotopic (exact) mass is 548 g/mol. The van der Waals surface area contributed by atoms with Gasteiger partial charge in [0.25, 0.3) is 5.91 Å². The van der Waals surface area contributed by atoms with Crippen LogP contribution < -0.4 is 15.4 Å². The first-order valence-electron chi connectivity index (χ1n) is 13.9. The normalized spacial score (nSPS) is 18.8. The topological polar surface area (TPSA) is 122 Å². The average Bonchev–Trinajstić information content (AvgIpc) is 3.35. The van der Waals surface area contributed by atoms with Crippen LogP contribution in [0.5, 0.6) is 5.75 Å². The maximum Gasteiger partial charge on any atom is 0.252 e. The number of aliphatic hydroxyl groups is 1. The number of carbonyl (C=O) groups is 2. The third kappa shape index (κ3) is 8.12. The van der Waals surface area contributed by atoms with Gasteiger partial charge < -0.3 is 20.5 Å². The summed E-state index contributed by atoms with van der Waals surface area (Å²) in [5.74, 6) is -0.286. The summed E-state index contributed by atoms with van der Waals surface area (Å²) >= 11 is 0. The van der Waals surface area contributed by atoms with Crippen molar-refractivity contribution in [3.63, 3.8) is 0 Å². The average molecular weight is 549 g/mol. The van der Waals surface area contributed by atoms with Crippen LogP contribution in [0.3, 0.4) is 0 Å². The lowest BCUT2D eigenvalue weighted by Crippen LogP contribution is -2.53. The van der Waals surface area contributed by atoms with Gasteiger partial charge in [0.05, 0.1) is 18.4 Å². The predicted molar refractivity (Wildman–Crippen MR) is 152 cm³/mol. The molecule has 0 unspecified atom stereocenters. The lowest BCUT2D eigenvalue weighted by atomic mass is 10.1. The van der Waals surface area contributed by atoms with E-state index >= 15 is 0 Å². The fraction of sp³-hybridized carbons (Fsp3) is 0.467. The number of ether oxygens (including phenoxy) is 1. The number of carbonyl (C=O) groups excluding carboxylic acids is 2. The quantitative estimate of drug-likeness (QED) is 0.459. The molecule has 4 bridgehead atoms. The number of amides is 2. The Morgan fingerprint density at radius 1 is 1.07 bits per heavy atom. The van der Waals surface area contributed by atoms with Gasteiger partial charge in [-0.3, -0.25) is 19.2 Å². The van der Waals surface area contributed by atoms with Gasteiger partial charge >= 0.3 is 0 Å². The zero-order valence-electron chi connectivity index (χ0n) is 23.8. The first-order chi connectivity index (χ1) is 19.2. The highest BCUT2D eigenvalue weighted by Gasteiger charge is 2.26. The Hall–Kier alpha value is -3.76. The molecule has 1 aliphatic heterocycles. The van der Waals surface area contributed by atoms with E-state index in [0.29, 0.717) is 44.0 Å². The Labute approximate surface area is 235 Å². The second-order valence-electron chi connectivity index (χ2n) is 10.7. The van der Waals surface area contributed by atoms with Gasteiger partial charge in [0.15, 0.2) is 0 Å². The standard InChI is InChI=1S/C30H40N6O4/c1-20-14-21(2)16-24(15-20)18-35-11-8-26-19-36(34-33-26)10-5-13-40-27-17-25(7-6-22(27)3)29(38)32-28(23(4)37)30(39)31-9-12-35/h6-7,14-17,19,23,28,37H,5,8-13,18H2,1-4H3,(H,31,39)(H,32,38)/t23-,28+/m1/s1. The first-order valence-corrected chi connectivity index (χ1v) is 13.9. The third-order valence-electron chi connectivity index (χ3n) is 6.98. The molecule has 0 aliphatic carbocycles. The van der Waals surface area contributed by atoms with E-state index in [1.807, 2.05) is 23.9 Å². The summed E-state index contributed by atoms with van der Waals surface area (Å²) in [5, 5.41) is 24.5. The molecule has 2 atom stereocenters. The molecule has 0 saturated carbocycles. The van der Waals surface area contributed by atoms with Gasteiger partial charge in [0, 0.05) is 57.3 Å². The van der Waals surface area contributed by atoms with Gasteiger partial charge in [0.2, 0.25) is 5.91 Å². The van der Waals surface area contributed by atoms with Crippen molar-refractivity contribution in [3.05, 3.63) is 76.1 Å². The van der Waals surface area contributed by atoms with E-state index in [2.05, 4.69) is 57.9 Å².